The fourth-order valence-corrected chi connectivity index (χ4v) is 1.00. The molecule has 0 aliphatic heterocycles. The third kappa shape index (κ3) is 2.87. The van der Waals surface area contributed by atoms with Crippen molar-refractivity contribution in [2.75, 3.05) is 11.9 Å². The zero-order chi connectivity index (χ0) is 9.68. The van der Waals surface area contributed by atoms with Gasteiger partial charge in [-0.3, -0.25) is 4.79 Å². The van der Waals surface area contributed by atoms with E-state index >= 15 is 0 Å². The Bertz CT molecular complexity index is 272. The van der Waals surface area contributed by atoms with Crippen LogP contribution >= 0.6 is 0 Å². The van der Waals surface area contributed by atoms with Gasteiger partial charge in [0.2, 0.25) is 0 Å². The minimum Gasteiger partial charge on any atom is -0.389 e. The minimum absolute atomic E-state index is 0.205. The van der Waals surface area contributed by atoms with Gasteiger partial charge in [-0.15, -0.1) is 0 Å². The van der Waals surface area contributed by atoms with Crippen molar-refractivity contribution in [3.05, 3.63) is 30.3 Å². The third-order valence-electron chi connectivity index (χ3n) is 1.80. The zero-order valence-electron chi connectivity index (χ0n) is 7.53. The second-order valence-electron chi connectivity index (χ2n) is 2.86. The first-order chi connectivity index (χ1) is 6.24. The first kappa shape index (κ1) is 9.74. The summed E-state index contributed by atoms with van der Waals surface area (Å²) < 4.78 is 0. The Balaban J connectivity index is 2.55. The first-order valence-corrected chi connectivity index (χ1v) is 4.19. The maximum Gasteiger partial charge on any atom is 0.179 e. The summed E-state index contributed by atoms with van der Waals surface area (Å²) in [7, 11) is 0. The van der Waals surface area contributed by atoms with Crippen LogP contribution in [0.1, 0.15) is 6.92 Å². The third-order valence-corrected chi connectivity index (χ3v) is 1.80. The molecule has 1 atom stereocenters. The summed E-state index contributed by atoms with van der Waals surface area (Å²) in [6.45, 7) is 1.31. The summed E-state index contributed by atoms with van der Waals surface area (Å²) in [5, 5.41) is 11.6. The molecule has 2 N–H and O–H groups in total. The SMILES string of the molecule is CC(Nc1ccccc1)C(=O)CO. The van der Waals surface area contributed by atoms with Crippen LogP contribution in [-0.4, -0.2) is 23.5 Å². The van der Waals surface area contributed by atoms with Crippen molar-refractivity contribution in [2.45, 2.75) is 13.0 Å². The number of Topliss-reactive ketones (excluding diaryl/α,β-unsaturated/α-hetero) is 1. The number of rotatable bonds is 4. The van der Waals surface area contributed by atoms with Crippen molar-refractivity contribution >= 4 is 11.5 Å². The van der Waals surface area contributed by atoms with Crippen molar-refractivity contribution in [2.24, 2.45) is 0 Å². The van der Waals surface area contributed by atoms with E-state index in [9.17, 15) is 4.79 Å². The van der Waals surface area contributed by atoms with Gasteiger partial charge < -0.3 is 10.4 Å². The van der Waals surface area contributed by atoms with E-state index in [1.165, 1.54) is 0 Å². The molecule has 0 amide bonds. The normalized spacial score (nSPS) is 12.2. The molecule has 70 valence electrons. The van der Waals surface area contributed by atoms with Crippen LogP contribution in [0, 0.1) is 0 Å². The molecule has 0 aliphatic carbocycles. The van der Waals surface area contributed by atoms with Crippen molar-refractivity contribution in [3.63, 3.8) is 0 Å². The van der Waals surface area contributed by atoms with Crippen LogP contribution in [0.2, 0.25) is 0 Å². The molecule has 0 heterocycles. The van der Waals surface area contributed by atoms with Gasteiger partial charge in [-0.25, -0.2) is 0 Å². The Kier molecular flexibility index (Phi) is 3.46. The van der Waals surface area contributed by atoms with E-state index in [1.807, 2.05) is 30.3 Å². The molecule has 0 bridgehead atoms. The standard InChI is InChI=1S/C10H13NO2/c1-8(10(13)7-12)11-9-5-3-2-4-6-9/h2-6,8,11-12H,7H2,1H3. The van der Waals surface area contributed by atoms with Gasteiger partial charge >= 0.3 is 0 Å². The number of benzene rings is 1. The Morgan fingerprint density at radius 1 is 1.46 bits per heavy atom. The first-order valence-electron chi connectivity index (χ1n) is 4.19. The van der Waals surface area contributed by atoms with Crippen LogP contribution in [0.15, 0.2) is 30.3 Å². The van der Waals surface area contributed by atoms with E-state index < -0.39 is 6.61 Å². The van der Waals surface area contributed by atoms with Gasteiger partial charge in [0, 0.05) is 5.69 Å². The molecule has 13 heavy (non-hydrogen) atoms. The topological polar surface area (TPSA) is 49.3 Å². The second kappa shape index (κ2) is 4.62. The van der Waals surface area contributed by atoms with E-state index in [0.717, 1.165) is 5.69 Å². The minimum atomic E-state index is -0.416. The lowest BCUT2D eigenvalue weighted by Gasteiger charge is -2.12. The highest BCUT2D eigenvalue weighted by Gasteiger charge is 2.09. The number of aliphatic hydroxyl groups excluding tert-OH is 1. The fraction of sp³-hybridized carbons (Fsp3) is 0.300. The van der Waals surface area contributed by atoms with Gasteiger partial charge in [-0.1, -0.05) is 18.2 Å². The van der Waals surface area contributed by atoms with Crippen molar-refractivity contribution < 1.29 is 9.90 Å². The predicted octanol–water partition coefficient (Wildman–Crippen LogP) is 1.05. The monoisotopic (exact) mass is 179 g/mol. The van der Waals surface area contributed by atoms with Gasteiger partial charge in [0.1, 0.15) is 6.61 Å². The molecule has 1 aromatic carbocycles. The molecule has 0 aromatic heterocycles. The maximum atomic E-state index is 11.0. The van der Waals surface area contributed by atoms with Crippen LogP contribution in [0.25, 0.3) is 0 Å². The van der Waals surface area contributed by atoms with Crippen LogP contribution in [0.3, 0.4) is 0 Å². The van der Waals surface area contributed by atoms with E-state index in [-0.39, 0.29) is 11.8 Å². The highest BCUT2D eigenvalue weighted by atomic mass is 16.3. The summed E-state index contributed by atoms with van der Waals surface area (Å²) in [6, 6.07) is 9.09. The number of hydrogen-bond donors (Lipinski definition) is 2. The van der Waals surface area contributed by atoms with Crippen LogP contribution in [0.5, 0.6) is 0 Å². The van der Waals surface area contributed by atoms with Crippen molar-refractivity contribution in [3.8, 4) is 0 Å². The quantitative estimate of drug-likeness (QED) is 0.726. The molecule has 0 aliphatic rings. The molecule has 0 radical (unpaired) electrons. The predicted molar refractivity (Wildman–Crippen MR) is 51.6 cm³/mol. The number of nitrogens with one attached hydrogen (secondary N) is 1. The van der Waals surface area contributed by atoms with Gasteiger partial charge in [0.05, 0.1) is 6.04 Å². The molecule has 3 nitrogen and oxygen atoms in total. The number of anilines is 1. The summed E-state index contributed by atoms with van der Waals surface area (Å²) >= 11 is 0. The Morgan fingerprint density at radius 3 is 2.62 bits per heavy atom. The van der Waals surface area contributed by atoms with Gasteiger partial charge in [0.25, 0.3) is 0 Å². The van der Waals surface area contributed by atoms with Gasteiger partial charge in [-0.2, -0.15) is 0 Å². The highest BCUT2D eigenvalue weighted by Crippen LogP contribution is 2.06. The van der Waals surface area contributed by atoms with E-state index in [4.69, 9.17) is 5.11 Å². The average molecular weight is 179 g/mol. The van der Waals surface area contributed by atoms with Crippen LogP contribution < -0.4 is 5.32 Å². The molecule has 1 aromatic rings. The fourth-order valence-electron chi connectivity index (χ4n) is 1.00. The Hall–Kier alpha value is -1.35. The lowest BCUT2D eigenvalue weighted by Crippen LogP contribution is -2.28. The second-order valence-corrected chi connectivity index (χ2v) is 2.86. The van der Waals surface area contributed by atoms with Gasteiger partial charge in [0.15, 0.2) is 5.78 Å². The van der Waals surface area contributed by atoms with Crippen LogP contribution in [0.4, 0.5) is 5.69 Å². The lowest BCUT2D eigenvalue weighted by atomic mass is 10.2. The van der Waals surface area contributed by atoms with Gasteiger partial charge in [-0.05, 0) is 19.1 Å². The molecule has 3 heteroatoms. The van der Waals surface area contributed by atoms with Crippen molar-refractivity contribution in [1.82, 2.24) is 0 Å². The maximum absolute atomic E-state index is 11.0. The number of aliphatic hydroxyl groups is 1. The smallest absolute Gasteiger partial charge is 0.179 e. The Morgan fingerprint density at radius 2 is 2.08 bits per heavy atom. The summed E-state index contributed by atoms with van der Waals surface area (Å²) in [6.07, 6.45) is 0. The van der Waals surface area contributed by atoms with Crippen molar-refractivity contribution in [1.29, 1.82) is 0 Å². The molecule has 1 rings (SSSR count). The average Bonchev–Trinajstić information content (AvgIpc) is 2.18. The number of carbonyl (C=O) groups is 1. The summed E-state index contributed by atoms with van der Waals surface area (Å²) in [5.41, 5.74) is 0.886. The summed E-state index contributed by atoms with van der Waals surface area (Å²) in [5.74, 6) is -0.205. The molecular weight excluding hydrogens is 166 g/mol. The summed E-state index contributed by atoms with van der Waals surface area (Å²) in [4.78, 5) is 11.0. The number of hydrogen-bond acceptors (Lipinski definition) is 3. The number of para-hydroxylation sites is 1. The molecule has 0 fully saturated rings. The number of ketones is 1. The molecule has 1 unspecified atom stereocenters. The lowest BCUT2D eigenvalue weighted by molar-refractivity contribution is -0.122. The largest absolute Gasteiger partial charge is 0.389 e. The number of carbonyl (C=O) groups excluding carboxylic acids is 1. The molecule has 0 saturated carbocycles. The highest BCUT2D eigenvalue weighted by molar-refractivity contribution is 5.87. The molecular formula is C10H13NO2. The Labute approximate surface area is 77.4 Å². The van der Waals surface area contributed by atoms with E-state index in [1.54, 1.807) is 6.92 Å². The van der Waals surface area contributed by atoms with Crippen LogP contribution in [-0.2, 0) is 4.79 Å². The molecule has 0 spiro atoms. The molecule has 0 saturated heterocycles. The van der Waals surface area contributed by atoms with E-state index in [0.29, 0.717) is 0 Å². The zero-order valence-corrected chi connectivity index (χ0v) is 7.53. The van der Waals surface area contributed by atoms with E-state index in [2.05, 4.69) is 5.32 Å².